The number of rotatable bonds is 0. The van der Waals surface area contributed by atoms with Crippen LogP contribution in [0.4, 0.5) is 4.39 Å². The first-order valence-electron chi connectivity index (χ1n) is 1.16. The largest absolute Gasteiger partial charge is 0.299 e. The van der Waals surface area contributed by atoms with Crippen molar-refractivity contribution in [1.82, 2.24) is 0 Å². The molecule has 0 aliphatic carbocycles. The minimum absolute atomic E-state index is 0.250. The third-order valence-corrected chi connectivity index (χ3v) is 0. The van der Waals surface area contributed by atoms with Crippen molar-refractivity contribution < 1.29 is 17.7 Å². The van der Waals surface area contributed by atoms with E-state index in [2.05, 4.69) is 6.58 Å². The fraction of sp³-hybridized carbons (Fsp3) is 0. The summed E-state index contributed by atoms with van der Waals surface area (Å²) in [6.07, 6.45) is 0.250. The predicted octanol–water partition coefficient (Wildman–Crippen LogP) is 0.780. The first kappa shape index (κ1) is 9.88. The number of halogens is 1. The molecule has 0 radical (unpaired) electrons. The Hall–Kier alpha value is -0.260. The lowest BCUT2D eigenvalue weighted by Crippen LogP contribution is -1.74. The molecule has 44 valence electrons. The van der Waals surface area contributed by atoms with Crippen molar-refractivity contribution in [2.24, 2.45) is 0 Å². The Bertz CT molecular complexity index is 60.0. The maximum atomic E-state index is 10.1. The van der Waals surface area contributed by atoms with Gasteiger partial charge in [-0.1, -0.05) is 6.58 Å². The van der Waals surface area contributed by atoms with Gasteiger partial charge in [0.1, 0.15) is 0 Å². The van der Waals surface area contributed by atoms with Crippen molar-refractivity contribution >= 4 is 11.4 Å². The highest BCUT2D eigenvalue weighted by molar-refractivity contribution is 7.73. The Kier molecular flexibility index (Phi) is 13.0. The van der Waals surface area contributed by atoms with E-state index in [9.17, 15) is 4.39 Å². The van der Waals surface area contributed by atoms with Gasteiger partial charge in [-0.15, -0.1) is 0 Å². The monoisotopic (exact) mass is 128 g/mol. The van der Waals surface area contributed by atoms with Gasteiger partial charge in [-0.25, -0.2) is 4.39 Å². The fourth-order valence-corrected chi connectivity index (χ4v) is 0. The zero-order valence-corrected chi connectivity index (χ0v) is 4.19. The summed E-state index contributed by atoms with van der Waals surface area (Å²) in [6, 6.07) is 0. The van der Waals surface area contributed by atoms with Gasteiger partial charge in [0.25, 0.3) is 11.4 Å². The van der Waals surface area contributed by atoms with Crippen LogP contribution in [0, 0.1) is 0 Å². The molecule has 0 aromatic heterocycles. The average Bonchev–Trinajstić information content (AvgIpc) is 1.33. The van der Waals surface area contributed by atoms with Gasteiger partial charge < -0.3 is 0 Å². The zero-order chi connectivity index (χ0) is 6.28. The molecule has 0 unspecified atom stereocenters. The van der Waals surface area contributed by atoms with Crippen LogP contribution in [0.25, 0.3) is 0 Å². The molecule has 0 saturated heterocycles. The minimum Gasteiger partial charge on any atom is -0.284 e. The van der Waals surface area contributed by atoms with Crippen molar-refractivity contribution in [3.8, 4) is 0 Å². The first-order valence-corrected chi connectivity index (χ1v) is 2.22. The van der Waals surface area contributed by atoms with E-state index < -0.39 is 11.4 Å². The highest BCUT2D eigenvalue weighted by Gasteiger charge is 1.62. The Balaban J connectivity index is 0. The van der Waals surface area contributed by atoms with E-state index in [0.29, 0.717) is 0 Å². The molecule has 7 heavy (non-hydrogen) atoms. The van der Waals surface area contributed by atoms with Gasteiger partial charge in [0.05, 0.1) is 6.33 Å². The van der Waals surface area contributed by atoms with Crippen molar-refractivity contribution in [1.29, 1.82) is 0 Å². The Morgan fingerprint density at radius 3 is 1.71 bits per heavy atom. The lowest BCUT2D eigenvalue weighted by atomic mass is 11.2. The van der Waals surface area contributed by atoms with Crippen LogP contribution in [0.3, 0.4) is 0 Å². The molecule has 0 amide bonds. The highest BCUT2D eigenvalue weighted by Crippen LogP contribution is 1.48. The van der Waals surface area contributed by atoms with E-state index in [4.69, 9.17) is 13.3 Å². The molecular formula is C2H5FO3S. The molecule has 3 nitrogen and oxygen atoms in total. The molecule has 0 atom stereocenters. The summed E-state index contributed by atoms with van der Waals surface area (Å²) in [4.78, 5) is 0. The summed E-state index contributed by atoms with van der Waals surface area (Å²) >= 11 is -2.61. The molecule has 0 spiro atoms. The van der Waals surface area contributed by atoms with E-state index in [1.165, 1.54) is 0 Å². The molecule has 0 rings (SSSR count). The van der Waals surface area contributed by atoms with Gasteiger partial charge in [-0.05, 0) is 0 Å². The fourth-order valence-electron chi connectivity index (χ4n) is 0. The highest BCUT2D eigenvalue weighted by atomic mass is 32.2. The van der Waals surface area contributed by atoms with E-state index >= 15 is 0 Å². The van der Waals surface area contributed by atoms with Crippen LogP contribution >= 0.6 is 0 Å². The van der Waals surface area contributed by atoms with Crippen molar-refractivity contribution in [3.63, 3.8) is 0 Å². The number of hydrogen-bond acceptors (Lipinski definition) is 1. The molecule has 0 fully saturated rings. The van der Waals surface area contributed by atoms with E-state index in [0.717, 1.165) is 0 Å². The summed E-state index contributed by atoms with van der Waals surface area (Å²) in [6.45, 7) is 2.69. The smallest absolute Gasteiger partial charge is 0.284 e. The van der Waals surface area contributed by atoms with Gasteiger partial charge in [-0.2, -0.15) is 4.21 Å². The number of hydrogen-bond donors (Lipinski definition) is 2. The second kappa shape index (κ2) is 9.22. The van der Waals surface area contributed by atoms with Gasteiger partial charge in [0.2, 0.25) is 0 Å². The quantitative estimate of drug-likeness (QED) is 0.474. The van der Waals surface area contributed by atoms with Crippen molar-refractivity contribution in [2.45, 2.75) is 0 Å². The molecule has 0 aromatic rings. The third kappa shape index (κ3) is 1190. The minimum atomic E-state index is -2.61. The SMILES string of the molecule is C=CF.O=S(O)O. The second-order valence-corrected chi connectivity index (χ2v) is 0.846. The molecule has 2 N–H and O–H groups in total. The third-order valence-electron chi connectivity index (χ3n) is 0. The maximum Gasteiger partial charge on any atom is 0.299 e. The molecular weight excluding hydrogens is 123 g/mol. The molecule has 0 bridgehead atoms. The van der Waals surface area contributed by atoms with E-state index in [1.54, 1.807) is 0 Å². The normalized spacial score (nSPS) is 6.86. The molecule has 0 heterocycles. The summed E-state index contributed by atoms with van der Waals surface area (Å²) in [7, 11) is 0. The van der Waals surface area contributed by atoms with Gasteiger partial charge in [0.15, 0.2) is 0 Å². The van der Waals surface area contributed by atoms with Crippen molar-refractivity contribution in [2.75, 3.05) is 0 Å². The molecule has 5 heteroatoms. The lowest BCUT2D eigenvalue weighted by Gasteiger charge is -1.59. The topological polar surface area (TPSA) is 57.5 Å². The Morgan fingerprint density at radius 2 is 1.71 bits per heavy atom. The molecule has 0 aliphatic heterocycles. The summed E-state index contributed by atoms with van der Waals surface area (Å²) in [5.41, 5.74) is 0. The van der Waals surface area contributed by atoms with Gasteiger partial charge >= 0.3 is 0 Å². The summed E-state index contributed by atoms with van der Waals surface area (Å²) < 4.78 is 32.9. The second-order valence-electron chi connectivity index (χ2n) is 0.385. The summed E-state index contributed by atoms with van der Waals surface area (Å²) in [5, 5.41) is 0. The zero-order valence-electron chi connectivity index (χ0n) is 3.37. The van der Waals surface area contributed by atoms with Crippen LogP contribution in [0.2, 0.25) is 0 Å². The predicted molar refractivity (Wildman–Crippen MR) is 24.7 cm³/mol. The van der Waals surface area contributed by atoms with Crippen LogP contribution in [0.5, 0.6) is 0 Å². The van der Waals surface area contributed by atoms with E-state index in [-0.39, 0.29) is 6.33 Å². The summed E-state index contributed by atoms with van der Waals surface area (Å²) in [5.74, 6) is 0. The van der Waals surface area contributed by atoms with Crippen LogP contribution in [0.15, 0.2) is 12.9 Å². The Morgan fingerprint density at radius 1 is 1.71 bits per heavy atom. The molecule has 0 aromatic carbocycles. The average molecular weight is 128 g/mol. The standard InChI is InChI=1S/C2H3F.H2O3S/c1-2-3;1-4(2)3/h2H,1H2;(H2,1,2,3). The molecule has 0 aliphatic rings. The lowest BCUT2D eigenvalue weighted by molar-refractivity contribution is 0.454. The van der Waals surface area contributed by atoms with Crippen molar-refractivity contribution in [3.05, 3.63) is 12.9 Å². The molecule has 0 saturated carbocycles. The van der Waals surface area contributed by atoms with Crippen LogP contribution < -0.4 is 0 Å². The van der Waals surface area contributed by atoms with Gasteiger partial charge in [-0.3, -0.25) is 9.11 Å². The first-order chi connectivity index (χ1) is 3.15. The van der Waals surface area contributed by atoms with E-state index in [1.807, 2.05) is 0 Å². The van der Waals surface area contributed by atoms with Crippen LogP contribution in [-0.4, -0.2) is 13.3 Å². The van der Waals surface area contributed by atoms with Crippen LogP contribution in [-0.2, 0) is 11.4 Å². The van der Waals surface area contributed by atoms with Gasteiger partial charge in [0, 0.05) is 0 Å². The Labute approximate surface area is 43.0 Å². The van der Waals surface area contributed by atoms with Crippen LogP contribution in [0.1, 0.15) is 0 Å². The maximum absolute atomic E-state index is 10.1.